The van der Waals surface area contributed by atoms with Crippen molar-refractivity contribution in [1.82, 2.24) is 4.31 Å². The van der Waals surface area contributed by atoms with Crippen molar-refractivity contribution in [2.45, 2.75) is 5.37 Å². The number of aliphatic imine (C=N–C) groups is 2. The second-order valence-electron chi connectivity index (χ2n) is 4.01. The van der Waals surface area contributed by atoms with Gasteiger partial charge in [0.25, 0.3) is 5.69 Å². The number of hydrogen-bond acceptors (Lipinski definition) is 7. The van der Waals surface area contributed by atoms with Crippen molar-refractivity contribution in [3.05, 3.63) is 50.8 Å². The van der Waals surface area contributed by atoms with E-state index in [2.05, 4.69) is 22.8 Å². The van der Waals surface area contributed by atoms with E-state index in [1.165, 1.54) is 23.9 Å². The molecule has 0 fully saturated rings. The second-order valence-corrected chi connectivity index (χ2v) is 5.95. The van der Waals surface area contributed by atoms with Crippen molar-refractivity contribution in [2.75, 3.05) is 0 Å². The van der Waals surface area contributed by atoms with Gasteiger partial charge < -0.3 is 0 Å². The van der Waals surface area contributed by atoms with Gasteiger partial charge in [0.1, 0.15) is 21.8 Å². The topological polar surface area (TPSA) is 71.1 Å². The summed E-state index contributed by atoms with van der Waals surface area (Å²) < 4.78 is 1.64. The molecule has 2 aliphatic rings. The molecule has 0 saturated heterocycles. The zero-order valence-electron chi connectivity index (χ0n) is 9.80. The van der Waals surface area contributed by atoms with Gasteiger partial charge in [-0.05, 0) is 6.07 Å². The lowest BCUT2D eigenvalue weighted by molar-refractivity contribution is -0.384. The summed E-state index contributed by atoms with van der Waals surface area (Å²) >= 11 is 11.5. The first-order valence-corrected chi connectivity index (χ1v) is 7.12. The van der Waals surface area contributed by atoms with Crippen LogP contribution in [0.4, 0.5) is 5.69 Å². The lowest BCUT2D eigenvalue weighted by Gasteiger charge is -2.21. The Labute approximate surface area is 128 Å². The summed E-state index contributed by atoms with van der Waals surface area (Å²) in [5, 5.41) is 11.6. The first kappa shape index (κ1) is 13.5. The summed E-state index contributed by atoms with van der Waals surface area (Å²) in [5.41, 5.74) is 1.29. The molecule has 0 radical (unpaired) electrons. The average molecular weight is 327 g/mol. The van der Waals surface area contributed by atoms with Crippen molar-refractivity contribution in [3.63, 3.8) is 0 Å². The van der Waals surface area contributed by atoms with Crippen LogP contribution in [0, 0.1) is 10.1 Å². The Hall–Kier alpha value is -1.51. The Morgan fingerprint density at radius 1 is 1.50 bits per heavy atom. The van der Waals surface area contributed by atoms with E-state index in [4.69, 9.17) is 11.6 Å². The molecule has 3 rings (SSSR count). The van der Waals surface area contributed by atoms with Crippen molar-refractivity contribution < 1.29 is 4.92 Å². The molecule has 1 atom stereocenters. The molecule has 2 heterocycles. The molecule has 1 unspecified atom stereocenters. The SMILES string of the molecule is O=[N+]([O-])c1cc(C2=NC3=CN=CN(S)C3S2)ccc1Cl. The number of nitro groups is 1. The Morgan fingerprint density at radius 3 is 3.00 bits per heavy atom. The molecule has 9 heteroatoms. The highest BCUT2D eigenvalue weighted by atomic mass is 35.5. The normalized spacial score (nSPS) is 20.5. The van der Waals surface area contributed by atoms with Gasteiger partial charge in [-0.3, -0.25) is 14.4 Å². The largest absolute Gasteiger partial charge is 0.290 e. The van der Waals surface area contributed by atoms with Crippen LogP contribution in [0.1, 0.15) is 5.56 Å². The van der Waals surface area contributed by atoms with Crippen molar-refractivity contribution in [2.24, 2.45) is 9.98 Å². The molecule has 20 heavy (non-hydrogen) atoms. The fourth-order valence-corrected chi connectivity index (χ4v) is 3.34. The van der Waals surface area contributed by atoms with Crippen LogP contribution in [0.3, 0.4) is 0 Å². The van der Waals surface area contributed by atoms with Gasteiger partial charge in [0.15, 0.2) is 0 Å². The molecule has 6 nitrogen and oxygen atoms in total. The lowest BCUT2D eigenvalue weighted by Crippen LogP contribution is -2.24. The minimum absolute atomic E-state index is 0.0689. The Balaban J connectivity index is 1.98. The summed E-state index contributed by atoms with van der Waals surface area (Å²) in [7, 11) is 0. The summed E-state index contributed by atoms with van der Waals surface area (Å²) in [4.78, 5) is 18.8. The van der Waals surface area contributed by atoms with E-state index in [1.54, 1.807) is 22.9 Å². The predicted molar refractivity (Wildman–Crippen MR) is 83.4 cm³/mol. The van der Waals surface area contributed by atoms with E-state index in [0.717, 1.165) is 5.70 Å². The zero-order valence-corrected chi connectivity index (χ0v) is 12.3. The van der Waals surface area contributed by atoms with Crippen molar-refractivity contribution in [1.29, 1.82) is 0 Å². The molecule has 0 aliphatic carbocycles. The lowest BCUT2D eigenvalue weighted by atomic mass is 10.2. The van der Waals surface area contributed by atoms with Crippen LogP contribution in [0.25, 0.3) is 0 Å². The molecular weight excluding hydrogens is 320 g/mol. The van der Waals surface area contributed by atoms with Crippen LogP contribution in [0.2, 0.25) is 5.02 Å². The van der Waals surface area contributed by atoms with Gasteiger partial charge >= 0.3 is 0 Å². The highest BCUT2D eigenvalue weighted by Gasteiger charge is 2.31. The highest BCUT2D eigenvalue weighted by Crippen LogP contribution is 2.38. The summed E-state index contributed by atoms with van der Waals surface area (Å²) in [6.07, 6.45) is 3.24. The molecule has 2 aliphatic heterocycles. The second kappa shape index (κ2) is 5.12. The summed E-state index contributed by atoms with van der Waals surface area (Å²) in [5.74, 6) is 0. The van der Waals surface area contributed by atoms with E-state index in [9.17, 15) is 10.1 Å². The van der Waals surface area contributed by atoms with Crippen LogP contribution in [0.15, 0.2) is 40.1 Å². The van der Waals surface area contributed by atoms with Crippen molar-refractivity contribution >= 4 is 53.2 Å². The molecule has 0 amide bonds. The Bertz CT molecular complexity index is 689. The van der Waals surface area contributed by atoms with Crippen molar-refractivity contribution in [3.8, 4) is 0 Å². The summed E-state index contributed by atoms with van der Waals surface area (Å²) in [6.45, 7) is 0. The van der Waals surface area contributed by atoms with Crippen LogP contribution in [-0.2, 0) is 0 Å². The zero-order chi connectivity index (χ0) is 14.3. The number of thioether (sulfide) groups is 1. The maximum absolute atomic E-state index is 10.9. The Kier molecular flexibility index (Phi) is 3.45. The molecule has 0 saturated carbocycles. The van der Waals surface area contributed by atoms with E-state index in [-0.39, 0.29) is 16.1 Å². The highest BCUT2D eigenvalue weighted by molar-refractivity contribution is 8.15. The Morgan fingerprint density at radius 2 is 2.30 bits per heavy atom. The molecule has 0 spiro atoms. The third-order valence-corrected chi connectivity index (χ3v) is 4.78. The van der Waals surface area contributed by atoms with Crippen LogP contribution in [0.5, 0.6) is 0 Å². The van der Waals surface area contributed by atoms with Gasteiger partial charge in [0, 0.05) is 11.6 Å². The van der Waals surface area contributed by atoms with Crippen LogP contribution in [-0.4, -0.2) is 26.0 Å². The minimum Gasteiger partial charge on any atom is -0.290 e. The maximum Gasteiger partial charge on any atom is 0.288 e. The molecule has 102 valence electrons. The van der Waals surface area contributed by atoms with Gasteiger partial charge in [0.05, 0.1) is 16.8 Å². The number of hydrogen-bond donors (Lipinski definition) is 1. The number of halogens is 1. The number of fused-ring (bicyclic) bond motifs is 1. The van der Waals surface area contributed by atoms with Crippen LogP contribution >= 0.6 is 36.2 Å². The number of nitro benzene ring substituents is 1. The fraction of sp³-hybridized carbons (Fsp3) is 0.0909. The summed E-state index contributed by atoms with van der Waals surface area (Å²) in [6, 6.07) is 4.64. The number of rotatable bonds is 2. The third-order valence-electron chi connectivity index (χ3n) is 2.73. The quantitative estimate of drug-likeness (QED) is 0.515. The van der Waals surface area contributed by atoms with E-state index in [0.29, 0.717) is 10.6 Å². The maximum atomic E-state index is 10.9. The number of nitrogens with zero attached hydrogens (tertiary/aromatic N) is 4. The van der Waals surface area contributed by atoms with E-state index < -0.39 is 4.92 Å². The predicted octanol–water partition coefficient (Wildman–Crippen LogP) is 3.10. The van der Waals surface area contributed by atoms with Gasteiger partial charge in [-0.1, -0.05) is 42.2 Å². The van der Waals surface area contributed by atoms with Gasteiger partial charge in [-0.2, -0.15) is 0 Å². The van der Waals surface area contributed by atoms with E-state index >= 15 is 0 Å². The smallest absolute Gasteiger partial charge is 0.288 e. The first-order valence-electron chi connectivity index (χ1n) is 5.46. The fourth-order valence-electron chi connectivity index (χ4n) is 1.80. The van der Waals surface area contributed by atoms with Gasteiger partial charge in [0.2, 0.25) is 0 Å². The molecule has 0 bridgehead atoms. The third kappa shape index (κ3) is 2.30. The van der Waals surface area contributed by atoms with E-state index in [1.807, 2.05) is 0 Å². The minimum atomic E-state index is -0.508. The first-order chi connectivity index (χ1) is 9.56. The standard InChI is InChI=1S/C11H7ClN4O2S2/c12-7-2-1-6(3-9(7)16(17)18)10-14-8-4-13-5-15(19)11(8)20-10/h1-5,11,19H. The monoisotopic (exact) mass is 326 g/mol. The molecule has 1 aromatic carbocycles. The molecular formula is C11H7ClN4O2S2. The number of benzene rings is 1. The van der Waals surface area contributed by atoms with Gasteiger partial charge in [-0.15, -0.1) is 0 Å². The average Bonchev–Trinajstić information content (AvgIpc) is 2.84. The molecule has 0 aromatic heterocycles. The number of thiol groups is 1. The molecule has 0 N–H and O–H groups in total. The van der Waals surface area contributed by atoms with Gasteiger partial charge in [-0.25, -0.2) is 9.98 Å². The van der Waals surface area contributed by atoms with Crippen LogP contribution < -0.4 is 0 Å². The molecule has 1 aromatic rings.